The molecule has 23 heavy (non-hydrogen) atoms. The topological polar surface area (TPSA) is 49.9 Å². The number of para-hydroxylation sites is 1. The molecule has 2 rings (SSSR count). The van der Waals surface area contributed by atoms with E-state index in [9.17, 15) is 21.6 Å². The molecule has 0 atom stereocenters. The lowest BCUT2D eigenvalue weighted by atomic mass is 10.1. The van der Waals surface area contributed by atoms with Gasteiger partial charge in [-0.15, -0.1) is 13.2 Å². The van der Waals surface area contributed by atoms with Gasteiger partial charge in [0.25, 0.3) is 0 Å². The zero-order chi connectivity index (χ0) is 17.3. The minimum atomic E-state index is -4.95. The molecule has 0 radical (unpaired) electrons. The van der Waals surface area contributed by atoms with E-state index in [2.05, 4.69) is 9.64 Å². The van der Waals surface area contributed by atoms with E-state index in [-0.39, 0.29) is 6.04 Å². The molecule has 1 aliphatic heterocycles. The van der Waals surface area contributed by atoms with Crippen molar-refractivity contribution in [1.29, 1.82) is 0 Å². The van der Waals surface area contributed by atoms with Gasteiger partial charge in [0, 0.05) is 13.1 Å². The molecule has 9 heteroatoms. The summed E-state index contributed by atoms with van der Waals surface area (Å²) in [5, 5.41) is 0. The summed E-state index contributed by atoms with van der Waals surface area (Å²) in [5.74, 6) is -0.709. The standard InChI is InChI=1S/C14H19F3N2O3S/c1-18-9-7-11(8-10-18)19(2)23(20,21)13-6-4-3-5-12(13)22-14(15,16)17/h3-6,11H,7-10H2,1-2H3. The maximum Gasteiger partial charge on any atom is 0.573 e. The minimum Gasteiger partial charge on any atom is -0.404 e. The third kappa shape index (κ3) is 4.36. The van der Waals surface area contributed by atoms with Gasteiger partial charge in [-0.1, -0.05) is 12.1 Å². The fourth-order valence-corrected chi connectivity index (χ4v) is 4.11. The van der Waals surface area contributed by atoms with Gasteiger partial charge in [0.1, 0.15) is 10.6 Å². The number of halogens is 3. The molecule has 1 aromatic rings. The smallest absolute Gasteiger partial charge is 0.404 e. The average Bonchev–Trinajstić information content (AvgIpc) is 2.46. The first-order chi connectivity index (χ1) is 10.6. The molecular weight excluding hydrogens is 333 g/mol. The van der Waals surface area contributed by atoms with E-state index in [0.717, 1.165) is 29.5 Å². The highest BCUT2D eigenvalue weighted by Crippen LogP contribution is 2.32. The van der Waals surface area contributed by atoms with Crippen LogP contribution >= 0.6 is 0 Å². The van der Waals surface area contributed by atoms with Gasteiger partial charge >= 0.3 is 6.36 Å². The van der Waals surface area contributed by atoms with E-state index in [1.807, 2.05) is 7.05 Å². The summed E-state index contributed by atoms with van der Waals surface area (Å²) >= 11 is 0. The van der Waals surface area contributed by atoms with Gasteiger partial charge in [-0.2, -0.15) is 4.31 Å². The summed E-state index contributed by atoms with van der Waals surface area (Å²) in [6.07, 6.45) is -3.68. The molecule has 130 valence electrons. The van der Waals surface area contributed by atoms with E-state index >= 15 is 0 Å². The summed E-state index contributed by atoms with van der Waals surface area (Å²) in [4.78, 5) is 1.61. The summed E-state index contributed by atoms with van der Waals surface area (Å²) in [7, 11) is -0.729. The van der Waals surface area contributed by atoms with E-state index < -0.39 is 27.0 Å². The predicted octanol–water partition coefficient (Wildman–Crippen LogP) is 2.30. The maximum absolute atomic E-state index is 12.7. The molecule has 0 bridgehead atoms. The number of benzene rings is 1. The second-order valence-electron chi connectivity index (χ2n) is 5.55. The van der Waals surface area contributed by atoms with Gasteiger partial charge in [-0.3, -0.25) is 0 Å². The Labute approximate surface area is 133 Å². The van der Waals surface area contributed by atoms with Crippen LogP contribution in [0.2, 0.25) is 0 Å². The van der Waals surface area contributed by atoms with Crippen molar-refractivity contribution in [1.82, 2.24) is 9.21 Å². The quantitative estimate of drug-likeness (QED) is 0.834. The van der Waals surface area contributed by atoms with Crippen LogP contribution in [0.15, 0.2) is 29.2 Å². The number of sulfonamides is 1. The Hall–Kier alpha value is -1.32. The first-order valence-electron chi connectivity index (χ1n) is 7.12. The predicted molar refractivity (Wildman–Crippen MR) is 78.6 cm³/mol. The molecule has 5 nitrogen and oxygen atoms in total. The number of piperidine rings is 1. The van der Waals surface area contributed by atoms with Crippen molar-refractivity contribution in [3.63, 3.8) is 0 Å². The van der Waals surface area contributed by atoms with E-state index in [0.29, 0.717) is 12.8 Å². The van der Waals surface area contributed by atoms with Crippen LogP contribution in [0, 0.1) is 0 Å². The van der Waals surface area contributed by atoms with Gasteiger partial charge < -0.3 is 9.64 Å². The minimum absolute atomic E-state index is 0.241. The highest BCUT2D eigenvalue weighted by Gasteiger charge is 2.36. The molecule has 0 saturated carbocycles. The zero-order valence-electron chi connectivity index (χ0n) is 12.9. The number of hydrogen-bond donors (Lipinski definition) is 0. The van der Waals surface area contributed by atoms with Crippen LogP contribution in [0.1, 0.15) is 12.8 Å². The average molecular weight is 352 g/mol. The molecule has 0 spiro atoms. The van der Waals surface area contributed by atoms with Crippen LogP contribution in [0.25, 0.3) is 0 Å². The summed E-state index contributed by atoms with van der Waals surface area (Å²) < 4.78 is 67.8. The molecule has 1 aromatic carbocycles. The number of hydrogen-bond acceptors (Lipinski definition) is 4. The van der Waals surface area contributed by atoms with Gasteiger partial charge in [0.2, 0.25) is 10.0 Å². The van der Waals surface area contributed by atoms with E-state index in [1.54, 1.807) is 0 Å². The molecule has 1 fully saturated rings. The van der Waals surface area contributed by atoms with E-state index in [4.69, 9.17) is 0 Å². The molecule has 0 aromatic heterocycles. The molecule has 0 N–H and O–H groups in total. The van der Waals surface area contributed by atoms with Gasteiger partial charge in [0.15, 0.2) is 0 Å². The molecule has 1 aliphatic rings. The Morgan fingerprint density at radius 1 is 1.22 bits per heavy atom. The summed E-state index contributed by atoms with van der Waals surface area (Å²) in [6, 6.07) is 4.56. The van der Waals surface area contributed by atoms with Crippen molar-refractivity contribution in [2.24, 2.45) is 0 Å². The lowest BCUT2D eigenvalue weighted by molar-refractivity contribution is -0.275. The van der Waals surface area contributed by atoms with E-state index in [1.165, 1.54) is 19.2 Å². The highest BCUT2D eigenvalue weighted by molar-refractivity contribution is 7.89. The van der Waals surface area contributed by atoms with Crippen molar-refractivity contribution >= 4 is 10.0 Å². The molecule has 0 aliphatic carbocycles. The Kier molecular flexibility index (Phi) is 5.22. The highest BCUT2D eigenvalue weighted by atomic mass is 32.2. The number of likely N-dealkylation sites (tertiary alicyclic amines) is 1. The van der Waals surface area contributed by atoms with Crippen LogP contribution in [-0.4, -0.2) is 57.2 Å². The Morgan fingerprint density at radius 2 is 1.78 bits per heavy atom. The molecule has 0 unspecified atom stereocenters. The number of rotatable bonds is 4. The molecular formula is C14H19F3N2O3S. The Morgan fingerprint density at radius 3 is 2.35 bits per heavy atom. The van der Waals surface area contributed by atoms with Crippen LogP contribution in [-0.2, 0) is 10.0 Å². The van der Waals surface area contributed by atoms with Crippen molar-refractivity contribution < 1.29 is 26.3 Å². The third-order valence-electron chi connectivity index (χ3n) is 3.93. The lowest BCUT2D eigenvalue weighted by Crippen LogP contribution is -2.44. The lowest BCUT2D eigenvalue weighted by Gasteiger charge is -2.34. The number of nitrogens with zero attached hydrogens (tertiary/aromatic N) is 2. The fourth-order valence-electron chi connectivity index (χ4n) is 2.58. The van der Waals surface area contributed by atoms with Crippen LogP contribution in [0.3, 0.4) is 0 Å². The summed E-state index contributed by atoms with van der Waals surface area (Å²) in [5.41, 5.74) is 0. The Balaban J connectivity index is 2.29. The molecule has 1 saturated heterocycles. The van der Waals surface area contributed by atoms with Crippen LogP contribution in [0.4, 0.5) is 13.2 Å². The monoisotopic (exact) mass is 352 g/mol. The van der Waals surface area contributed by atoms with Crippen molar-refractivity contribution in [3.8, 4) is 5.75 Å². The normalized spacial score (nSPS) is 18.3. The van der Waals surface area contributed by atoms with Crippen molar-refractivity contribution in [2.45, 2.75) is 30.1 Å². The zero-order valence-corrected chi connectivity index (χ0v) is 13.7. The SMILES string of the molecule is CN1CCC(N(C)S(=O)(=O)c2ccccc2OC(F)(F)F)CC1. The Bertz CT molecular complexity index is 641. The number of alkyl halides is 3. The van der Waals surface area contributed by atoms with Gasteiger partial charge in [-0.05, 0) is 45.1 Å². The molecule has 1 heterocycles. The van der Waals surface area contributed by atoms with Crippen LogP contribution < -0.4 is 4.74 Å². The van der Waals surface area contributed by atoms with Gasteiger partial charge in [-0.25, -0.2) is 8.42 Å². The first kappa shape index (κ1) is 18.0. The maximum atomic E-state index is 12.7. The van der Waals surface area contributed by atoms with Gasteiger partial charge in [0.05, 0.1) is 0 Å². The van der Waals surface area contributed by atoms with Crippen molar-refractivity contribution in [3.05, 3.63) is 24.3 Å². The number of ether oxygens (including phenoxy) is 1. The third-order valence-corrected chi connectivity index (χ3v) is 5.88. The van der Waals surface area contributed by atoms with Crippen LogP contribution in [0.5, 0.6) is 5.75 Å². The second kappa shape index (κ2) is 6.66. The molecule has 0 amide bonds. The summed E-state index contributed by atoms with van der Waals surface area (Å²) in [6.45, 7) is 1.48. The fraction of sp³-hybridized carbons (Fsp3) is 0.571. The second-order valence-corrected chi connectivity index (χ2v) is 7.52. The largest absolute Gasteiger partial charge is 0.573 e. The van der Waals surface area contributed by atoms with Crippen molar-refractivity contribution in [2.75, 3.05) is 27.2 Å². The first-order valence-corrected chi connectivity index (χ1v) is 8.56.